The largest absolute Gasteiger partial charge is 0.340 e. The fourth-order valence-electron chi connectivity index (χ4n) is 17.8. The molecular weight excluding hydrogens is 1860 g/mol. The van der Waals surface area contributed by atoms with E-state index in [0.717, 1.165) is 41.4 Å². The number of aryl methyl sites for hydroxylation is 5. The minimum Gasteiger partial charge on any atom is -0.340 e. The number of fused-ring (bicyclic) bond motifs is 15. The maximum absolute atomic E-state index is 4.50. The van der Waals surface area contributed by atoms with Crippen LogP contribution in [0.2, 0.25) is 0 Å². The molecule has 7 aromatic heterocycles. The first kappa shape index (κ1) is 81.7. The number of nitrogens with zero attached hydrogens (tertiary/aromatic N) is 9. The molecule has 604 valence electrons. The van der Waals surface area contributed by atoms with E-state index < -0.39 is 0 Å². The topological polar surface area (TPSA) is 68.2 Å². The Morgan fingerprint density at radius 2 is 0.705 bits per heavy atom. The van der Waals surface area contributed by atoms with Crippen molar-refractivity contribution in [2.75, 3.05) is 0 Å². The second-order valence-corrected chi connectivity index (χ2v) is 34.7. The van der Waals surface area contributed by atoms with E-state index >= 15 is 0 Å². The van der Waals surface area contributed by atoms with Gasteiger partial charge in [0, 0.05) is 158 Å². The van der Waals surface area contributed by atoms with Crippen molar-refractivity contribution >= 4 is 119 Å². The third-order valence-electron chi connectivity index (χ3n) is 23.5. The SMILES string of the molecule is CC(C)(C)c1ccc2c(c1)c1ccccc1n2-c1ccc(-c2ccc(-n3c4ccccc4c4cc(C(C)(C)C)ccc43)cc2)cc1.CCCc1nc(-c2[c-]cccc2)n(C)n1.Cc1cc(C)c(-n2ccnc2-c2[c-]cccc2)c(C)c1.[Ir].[Ir].c1ccc2c(c1)c1ccccc1n2-c1ccc2sc3ccc(-n4c5ccccc5c5ccccc54)cc3c2c1. The van der Waals surface area contributed by atoms with Crippen molar-refractivity contribution in [1.82, 2.24) is 42.6 Å². The molecule has 12 heteroatoms. The molecule has 15 aromatic carbocycles. The molecule has 9 nitrogen and oxygen atoms in total. The molecule has 0 N–H and O–H groups in total. The van der Waals surface area contributed by atoms with E-state index in [2.05, 4.69) is 398 Å². The van der Waals surface area contributed by atoms with Crippen LogP contribution in [-0.4, -0.2) is 42.6 Å². The van der Waals surface area contributed by atoms with E-state index in [4.69, 9.17) is 0 Å². The van der Waals surface area contributed by atoms with Gasteiger partial charge in [-0.3, -0.25) is 14.6 Å². The summed E-state index contributed by atoms with van der Waals surface area (Å²) < 4.78 is 16.2. The second-order valence-electron chi connectivity index (χ2n) is 33.6. The Bertz CT molecular complexity index is 7140. The van der Waals surface area contributed by atoms with Crippen LogP contribution in [-0.2, 0) is 64.5 Å². The van der Waals surface area contributed by atoms with Crippen molar-refractivity contribution < 1.29 is 40.2 Å². The summed E-state index contributed by atoms with van der Waals surface area (Å²) in [7, 11) is 1.92. The van der Waals surface area contributed by atoms with Crippen LogP contribution in [0.4, 0.5) is 0 Å². The third-order valence-corrected chi connectivity index (χ3v) is 24.6. The van der Waals surface area contributed by atoms with Crippen molar-refractivity contribution in [1.29, 1.82) is 0 Å². The molecule has 0 unspecified atom stereocenters. The van der Waals surface area contributed by atoms with E-state index in [1.54, 1.807) is 0 Å². The van der Waals surface area contributed by atoms with Crippen LogP contribution in [0, 0.1) is 32.9 Å². The summed E-state index contributed by atoms with van der Waals surface area (Å²) in [4.78, 5) is 8.99. The average molecular weight is 1960 g/mol. The van der Waals surface area contributed by atoms with Crippen LogP contribution in [0.15, 0.2) is 340 Å². The molecule has 0 fully saturated rings. The van der Waals surface area contributed by atoms with Gasteiger partial charge >= 0.3 is 0 Å². The minimum absolute atomic E-state index is 0. The molecule has 0 amide bonds. The molecule has 0 aliphatic carbocycles. The monoisotopic (exact) mass is 1960 g/mol. The number of benzene rings is 15. The quantitative estimate of drug-likeness (QED) is 0.128. The molecule has 0 aliphatic heterocycles. The number of para-hydroxylation sites is 6. The average Bonchev–Trinajstić information content (AvgIpc) is 1.59. The first-order chi connectivity index (χ1) is 58.4. The summed E-state index contributed by atoms with van der Waals surface area (Å²) in [6, 6.07) is 125. The van der Waals surface area contributed by atoms with Gasteiger partial charge in [-0.15, -0.1) is 83.1 Å². The van der Waals surface area contributed by atoms with Gasteiger partial charge in [0.15, 0.2) is 0 Å². The molecule has 0 saturated heterocycles. The first-order valence-corrected chi connectivity index (χ1v) is 42.4. The predicted octanol–water partition coefficient (Wildman–Crippen LogP) is 28.9. The van der Waals surface area contributed by atoms with Gasteiger partial charge in [-0.2, -0.15) is 5.10 Å². The van der Waals surface area contributed by atoms with Gasteiger partial charge in [-0.05, 0) is 193 Å². The van der Waals surface area contributed by atoms with Crippen molar-refractivity contribution in [3.8, 4) is 62.3 Å². The molecule has 0 spiro atoms. The number of rotatable bonds is 10. The maximum atomic E-state index is 4.50. The van der Waals surface area contributed by atoms with E-state index in [0.29, 0.717) is 0 Å². The van der Waals surface area contributed by atoms with Crippen LogP contribution in [0.5, 0.6) is 0 Å². The van der Waals surface area contributed by atoms with Crippen molar-refractivity contribution in [3.63, 3.8) is 0 Å². The number of hydrogen-bond acceptors (Lipinski definition) is 4. The molecule has 7 heterocycles. The maximum Gasteiger partial charge on any atom is 0.140 e. The van der Waals surface area contributed by atoms with Crippen LogP contribution in [0.1, 0.15) is 88.5 Å². The number of imidazole rings is 1. The molecule has 22 rings (SSSR count). The predicted molar refractivity (Wildman–Crippen MR) is 507 cm³/mol. The molecule has 22 aromatic rings. The summed E-state index contributed by atoms with van der Waals surface area (Å²) in [6.45, 7) is 22.2. The van der Waals surface area contributed by atoms with Crippen LogP contribution in [0.3, 0.4) is 0 Å². The molecule has 0 saturated carbocycles. The van der Waals surface area contributed by atoms with Crippen molar-refractivity contribution in [2.45, 2.75) is 92.9 Å². The van der Waals surface area contributed by atoms with E-state index in [-0.39, 0.29) is 51.0 Å². The number of aromatic nitrogens is 9. The van der Waals surface area contributed by atoms with E-state index in [9.17, 15) is 0 Å². The Hall–Kier alpha value is -12.6. The Balaban J connectivity index is 0.000000125. The fraction of sp³-hybridized carbons (Fsp3) is 0.136. The summed E-state index contributed by atoms with van der Waals surface area (Å²) in [5.74, 6) is 2.73. The summed E-state index contributed by atoms with van der Waals surface area (Å²) in [5.41, 5.74) is 27.0. The fourth-order valence-corrected chi connectivity index (χ4v) is 18.8. The van der Waals surface area contributed by atoms with Crippen molar-refractivity contribution in [3.05, 3.63) is 386 Å². The van der Waals surface area contributed by atoms with Crippen molar-refractivity contribution in [2.24, 2.45) is 7.05 Å². The van der Waals surface area contributed by atoms with Crippen LogP contribution >= 0.6 is 11.3 Å². The zero-order valence-corrected chi connectivity index (χ0v) is 76.0. The Kier molecular flexibility index (Phi) is 22.6. The zero-order valence-electron chi connectivity index (χ0n) is 70.3. The van der Waals surface area contributed by atoms with Gasteiger partial charge in [0.2, 0.25) is 0 Å². The van der Waals surface area contributed by atoms with Gasteiger partial charge in [0.1, 0.15) is 5.82 Å². The van der Waals surface area contributed by atoms with Crippen LogP contribution < -0.4 is 0 Å². The zero-order chi connectivity index (χ0) is 82.1. The minimum atomic E-state index is 0. The standard InChI is InChI=1S/C44H40N2.C36H22N2S.C18H17N2.C12H14N3.2Ir/c1-43(2,3)31-19-25-41-37(27-31)35-11-7-9-13-39(35)45(41)33-21-15-29(16-22-33)30-17-23-34(24-18-30)46-40-14-10-8-12-36(40)38-28-32(44(4,5)6)20-26-42(38)46;1-5-13-31-25(9-1)26-10-2-6-14-32(26)37(31)23-17-19-35-29(21-23)30-22-24(18-20-36(30)39-35)38-33-15-7-3-11-27(33)28-12-4-8-16-34(28)38;1-13-11-14(2)17(15(3)12-13)20-10-9-19-18(20)16-7-5-4-6-8-16;1-3-7-11-13-12(15(2)14-11)10-8-5-4-6-9-10;;/h7-28H,1-6H3;1-22H;4-7,9-12H,1-3H3;4-6,8H,3,7H2,1-2H3;;/q;;2*-1;;. The molecule has 2 radical (unpaired) electrons. The smallest absolute Gasteiger partial charge is 0.140 e. The Labute approximate surface area is 743 Å². The van der Waals surface area contributed by atoms with E-state index in [1.807, 2.05) is 84.0 Å². The Morgan fingerprint density at radius 1 is 0.352 bits per heavy atom. The molecule has 0 aliphatic rings. The van der Waals surface area contributed by atoms with E-state index in [1.165, 1.54) is 175 Å². The normalized spacial score (nSPS) is 11.7. The summed E-state index contributed by atoms with van der Waals surface area (Å²) >= 11 is 1.87. The molecule has 122 heavy (non-hydrogen) atoms. The van der Waals surface area contributed by atoms with Gasteiger partial charge in [0.25, 0.3) is 0 Å². The third kappa shape index (κ3) is 15.2. The first-order valence-electron chi connectivity index (χ1n) is 41.6. The number of thiophene rings is 1. The van der Waals surface area contributed by atoms with Gasteiger partial charge in [0.05, 0.1) is 55.8 Å². The molecule has 0 atom stereocenters. The molecule has 0 bridgehead atoms. The van der Waals surface area contributed by atoms with Gasteiger partial charge < -0.3 is 22.8 Å². The van der Waals surface area contributed by atoms with Crippen LogP contribution in [0.25, 0.3) is 170 Å². The van der Waals surface area contributed by atoms with Gasteiger partial charge in [-0.1, -0.05) is 212 Å². The summed E-state index contributed by atoms with van der Waals surface area (Å²) in [6.07, 6.45) is 5.86. The Morgan fingerprint density at radius 3 is 1.08 bits per heavy atom. The second kappa shape index (κ2) is 33.8. The molecular formula is C110H93Ir2N9S-2. The van der Waals surface area contributed by atoms with Gasteiger partial charge in [-0.25, -0.2) is 0 Å². The summed E-state index contributed by atoms with van der Waals surface area (Å²) in [5, 5.41) is 17.3. The number of hydrogen-bond donors (Lipinski definition) is 0.